The first-order valence-electron chi connectivity index (χ1n) is 6.60. The van der Waals surface area contributed by atoms with Crippen molar-refractivity contribution in [2.45, 2.75) is 19.1 Å². The number of carbonyl (C=O) groups excluding carboxylic acids is 1. The van der Waals surface area contributed by atoms with Gasteiger partial charge in [0.25, 0.3) is 0 Å². The van der Waals surface area contributed by atoms with Crippen LogP contribution in [-0.2, 0) is 11.0 Å². The first kappa shape index (κ1) is 15.6. The fraction of sp³-hybridized carbons (Fsp3) is 0.538. The summed E-state index contributed by atoms with van der Waals surface area (Å²) in [6.45, 7) is 4.17. The van der Waals surface area contributed by atoms with Gasteiger partial charge in [0.2, 0.25) is 5.91 Å². The number of carbonyl (C=O) groups is 1. The minimum atomic E-state index is -4.37. The lowest BCUT2D eigenvalue weighted by Crippen LogP contribution is -2.53. The third-order valence-corrected chi connectivity index (χ3v) is 3.67. The van der Waals surface area contributed by atoms with Crippen LogP contribution in [0.5, 0.6) is 0 Å². The second-order valence-electron chi connectivity index (χ2n) is 5.00. The van der Waals surface area contributed by atoms with Crippen molar-refractivity contribution in [3.05, 3.63) is 23.9 Å². The van der Waals surface area contributed by atoms with Crippen LogP contribution in [0.4, 0.5) is 19.0 Å². The fourth-order valence-corrected chi connectivity index (χ4v) is 2.26. The zero-order valence-corrected chi connectivity index (χ0v) is 11.6. The minimum absolute atomic E-state index is 0.340. The summed E-state index contributed by atoms with van der Waals surface area (Å²) in [5.74, 6) is 0.130. The van der Waals surface area contributed by atoms with Gasteiger partial charge < -0.3 is 10.6 Å². The van der Waals surface area contributed by atoms with Crippen LogP contribution in [0.25, 0.3) is 0 Å². The molecule has 1 atom stereocenters. The third kappa shape index (κ3) is 3.63. The highest BCUT2D eigenvalue weighted by Crippen LogP contribution is 2.29. The zero-order chi connectivity index (χ0) is 15.6. The topological polar surface area (TPSA) is 62.5 Å². The Kier molecular flexibility index (Phi) is 4.36. The van der Waals surface area contributed by atoms with Crippen LogP contribution in [0.2, 0.25) is 0 Å². The van der Waals surface area contributed by atoms with Gasteiger partial charge in [0, 0.05) is 32.4 Å². The molecule has 0 spiro atoms. The lowest BCUT2D eigenvalue weighted by atomic mass is 10.2. The number of primary amides is 1. The molecule has 1 aliphatic rings. The maximum Gasteiger partial charge on any atom is 0.417 e. The van der Waals surface area contributed by atoms with Crippen molar-refractivity contribution < 1.29 is 18.0 Å². The van der Waals surface area contributed by atoms with Crippen LogP contribution in [-0.4, -0.2) is 48.0 Å². The Hall–Kier alpha value is -1.83. The van der Waals surface area contributed by atoms with Gasteiger partial charge in [0.1, 0.15) is 5.82 Å². The van der Waals surface area contributed by atoms with Crippen molar-refractivity contribution in [3.63, 3.8) is 0 Å². The molecule has 8 heteroatoms. The van der Waals surface area contributed by atoms with Gasteiger partial charge in [0.05, 0.1) is 11.6 Å². The first-order chi connectivity index (χ1) is 9.79. The number of nitrogens with zero attached hydrogens (tertiary/aromatic N) is 3. The molecule has 5 nitrogen and oxygen atoms in total. The summed E-state index contributed by atoms with van der Waals surface area (Å²) in [6.07, 6.45) is -3.53. The molecule has 1 fully saturated rings. The number of hydrogen-bond donors (Lipinski definition) is 1. The highest BCUT2D eigenvalue weighted by atomic mass is 19.4. The van der Waals surface area contributed by atoms with Gasteiger partial charge in [-0.2, -0.15) is 13.2 Å². The quantitative estimate of drug-likeness (QED) is 0.908. The number of rotatable bonds is 3. The van der Waals surface area contributed by atoms with Crippen LogP contribution >= 0.6 is 0 Å². The number of aromatic nitrogens is 1. The molecule has 2 N–H and O–H groups in total. The lowest BCUT2D eigenvalue weighted by molar-refractivity contribution is -0.137. The van der Waals surface area contributed by atoms with E-state index in [9.17, 15) is 18.0 Å². The molecule has 0 aromatic carbocycles. The highest BCUT2D eigenvalue weighted by molar-refractivity contribution is 5.79. The molecule has 1 aromatic heterocycles. The second kappa shape index (κ2) is 5.88. The number of piperazine rings is 1. The standard InChI is InChI=1S/C13H17F3N4O/c1-9(12(17)21)19-4-6-20(7-5-19)11-3-2-10(8-18-11)13(14,15)16/h2-3,8-9H,4-7H2,1H3,(H2,17,21)/t9-/m0/s1. The third-order valence-electron chi connectivity index (χ3n) is 3.67. The molecule has 21 heavy (non-hydrogen) atoms. The van der Waals surface area contributed by atoms with E-state index in [1.807, 2.05) is 9.80 Å². The van der Waals surface area contributed by atoms with Gasteiger partial charge in [-0.25, -0.2) is 4.98 Å². The number of anilines is 1. The summed E-state index contributed by atoms with van der Waals surface area (Å²) >= 11 is 0. The Bertz CT molecular complexity index is 495. The maximum absolute atomic E-state index is 12.5. The molecule has 2 rings (SSSR count). The summed E-state index contributed by atoms with van der Waals surface area (Å²) in [4.78, 5) is 18.8. The van der Waals surface area contributed by atoms with Crippen molar-refractivity contribution in [1.82, 2.24) is 9.88 Å². The maximum atomic E-state index is 12.5. The molecule has 0 bridgehead atoms. The molecule has 0 saturated carbocycles. The number of hydrogen-bond acceptors (Lipinski definition) is 4. The summed E-state index contributed by atoms with van der Waals surface area (Å²) in [7, 11) is 0. The average Bonchev–Trinajstić information content (AvgIpc) is 2.46. The van der Waals surface area contributed by atoms with E-state index in [2.05, 4.69) is 4.98 Å². The molecule has 0 radical (unpaired) electrons. The van der Waals surface area contributed by atoms with Gasteiger partial charge >= 0.3 is 6.18 Å². The molecule has 0 aliphatic carbocycles. The summed E-state index contributed by atoms with van der Waals surface area (Å²) in [5.41, 5.74) is 4.50. The SMILES string of the molecule is C[C@@H](C(N)=O)N1CCN(c2ccc(C(F)(F)F)cn2)CC1. The van der Waals surface area contributed by atoms with E-state index in [0.717, 1.165) is 12.3 Å². The Balaban J connectivity index is 1.98. The molecule has 1 saturated heterocycles. The van der Waals surface area contributed by atoms with Crippen molar-refractivity contribution in [1.29, 1.82) is 0 Å². The van der Waals surface area contributed by atoms with Crippen molar-refractivity contribution >= 4 is 11.7 Å². The van der Waals surface area contributed by atoms with E-state index in [-0.39, 0.29) is 11.9 Å². The first-order valence-corrected chi connectivity index (χ1v) is 6.60. The van der Waals surface area contributed by atoms with Crippen LogP contribution in [0.3, 0.4) is 0 Å². The minimum Gasteiger partial charge on any atom is -0.368 e. The highest BCUT2D eigenvalue weighted by Gasteiger charge is 2.31. The number of pyridine rings is 1. The van der Waals surface area contributed by atoms with Crippen LogP contribution in [0.1, 0.15) is 12.5 Å². The molecule has 0 unspecified atom stereocenters. The van der Waals surface area contributed by atoms with E-state index >= 15 is 0 Å². The number of nitrogens with two attached hydrogens (primary N) is 1. The van der Waals surface area contributed by atoms with Crippen LogP contribution in [0.15, 0.2) is 18.3 Å². The smallest absolute Gasteiger partial charge is 0.368 e. The van der Waals surface area contributed by atoms with E-state index in [4.69, 9.17) is 5.73 Å². The van der Waals surface area contributed by atoms with E-state index in [1.165, 1.54) is 6.07 Å². The van der Waals surface area contributed by atoms with Gasteiger partial charge in [-0.05, 0) is 19.1 Å². The molecule has 1 amide bonds. The lowest BCUT2D eigenvalue weighted by Gasteiger charge is -2.37. The second-order valence-corrected chi connectivity index (χ2v) is 5.00. The molecule has 1 aliphatic heterocycles. The predicted octanol–water partition coefficient (Wildman–Crippen LogP) is 1.10. The van der Waals surface area contributed by atoms with Crippen molar-refractivity contribution in [2.24, 2.45) is 5.73 Å². The van der Waals surface area contributed by atoms with E-state index in [0.29, 0.717) is 32.0 Å². The number of halogens is 3. The zero-order valence-electron chi connectivity index (χ0n) is 11.6. The Labute approximate surface area is 120 Å². The van der Waals surface area contributed by atoms with Crippen molar-refractivity contribution in [3.8, 4) is 0 Å². The van der Waals surface area contributed by atoms with Crippen LogP contribution < -0.4 is 10.6 Å². The van der Waals surface area contributed by atoms with Gasteiger partial charge in [0.15, 0.2) is 0 Å². The molecule has 116 valence electrons. The molecule has 1 aromatic rings. The largest absolute Gasteiger partial charge is 0.417 e. The average molecular weight is 302 g/mol. The summed E-state index contributed by atoms with van der Waals surface area (Å²) < 4.78 is 37.4. The molecular formula is C13H17F3N4O. The Morgan fingerprint density at radius 1 is 1.29 bits per heavy atom. The Morgan fingerprint density at radius 3 is 2.33 bits per heavy atom. The number of alkyl halides is 3. The van der Waals surface area contributed by atoms with Crippen LogP contribution in [0, 0.1) is 0 Å². The Morgan fingerprint density at radius 2 is 1.90 bits per heavy atom. The molecule has 2 heterocycles. The summed E-state index contributed by atoms with van der Waals surface area (Å²) in [5, 5.41) is 0. The van der Waals surface area contributed by atoms with E-state index in [1.54, 1.807) is 6.92 Å². The fourth-order valence-electron chi connectivity index (χ4n) is 2.26. The normalized spacial score (nSPS) is 18.6. The molecular weight excluding hydrogens is 285 g/mol. The van der Waals surface area contributed by atoms with Gasteiger partial charge in [-0.15, -0.1) is 0 Å². The van der Waals surface area contributed by atoms with Crippen molar-refractivity contribution in [2.75, 3.05) is 31.1 Å². The number of amides is 1. The summed E-state index contributed by atoms with van der Waals surface area (Å²) in [6, 6.07) is 2.06. The monoisotopic (exact) mass is 302 g/mol. The predicted molar refractivity (Wildman–Crippen MR) is 71.7 cm³/mol. The van der Waals surface area contributed by atoms with Gasteiger partial charge in [-0.1, -0.05) is 0 Å². The van der Waals surface area contributed by atoms with E-state index < -0.39 is 11.7 Å². The van der Waals surface area contributed by atoms with Gasteiger partial charge in [-0.3, -0.25) is 9.69 Å².